The maximum absolute atomic E-state index is 14.2. The lowest BCUT2D eigenvalue weighted by molar-refractivity contribution is -0.144. The molecule has 43 heavy (non-hydrogen) atoms. The summed E-state index contributed by atoms with van der Waals surface area (Å²) in [6, 6.07) is -4.22. The molecule has 0 radical (unpaired) electrons. The quantitative estimate of drug-likeness (QED) is 0.236. The van der Waals surface area contributed by atoms with E-state index in [0.29, 0.717) is 19.4 Å². The predicted octanol–water partition coefficient (Wildman–Crippen LogP) is 2.70. The zero-order chi connectivity index (χ0) is 32.4. The fourth-order valence-corrected chi connectivity index (χ4v) is 6.29. The first-order chi connectivity index (χ1) is 19.9. The molecule has 3 rings (SSSR count). The van der Waals surface area contributed by atoms with Gasteiger partial charge in [0, 0.05) is 12.0 Å². The van der Waals surface area contributed by atoms with Crippen molar-refractivity contribution in [1.82, 2.24) is 20.9 Å². The van der Waals surface area contributed by atoms with Gasteiger partial charge in [-0.05, 0) is 54.8 Å². The molecule has 0 spiro atoms. The Morgan fingerprint density at radius 2 is 1.53 bits per heavy atom. The minimum atomic E-state index is -1.10. The van der Waals surface area contributed by atoms with Crippen molar-refractivity contribution in [3.63, 3.8) is 0 Å². The van der Waals surface area contributed by atoms with Crippen LogP contribution in [0.1, 0.15) is 100 Å². The van der Waals surface area contributed by atoms with Gasteiger partial charge >= 0.3 is 6.03 Å². The van der Waals surface area contributed by atoms with Crippen LogP contribution >= 0.6 is 0 Å². The summed E-state index contributed by atoms with van der Waals surface area (Å²) >= 11 is 0. The lowest BCUT2D eigenvalue weighted by atomic mass is 9.80. The number of nitrogens with two attached hydrogens (primary N) is 1. The second kappa shape index (κ2) is 13.3. The Hall–Kier alpha value is -2.98. The van der Waals surface area contributed by atoms with Gasteiger partial charge in [-0.3, -0.25) is 24.0 Å². The molecule has 3 aliphatic rings. The van der Waals surface area contributed by atoms with Crippen LogP contribution in [0.3, 0.4) is 0 Å². The Balaban J connectivity index is 1.82. The first-order valence-corrected chi connectivity index (χ1v) is 15.9. The first kappa shape index (κ1) is 34.5. The monoisotopic (exact) mass is 603 g/mol. The molecule has 0 aromatic rings. The largest absolute Gasteiger partial charge is 0.363 e. The summed E-state index contributed by atoms with van der Waals surface area (Å²) in [5, 5.41) is 8.42. The normalized spacial score (nSPS) is 23.6. The molecule has 11 heteroatoms. The Labute approximate surface area is 256 Å². The smallest absolute Gasteiger partial charge is 0.316 e. The summed E-state index contributed by atoms with van der Waals surface area (Å²) in [5.74, 6) is -2.88. The molecule has 0 aromatic heterocycles. The van der Waals surface area contributed by atoms with Crippen molar-refractivity contribution in [2.75, 3.05) is 6.54 Å². The Bertz CT molecular complexity index is 1100. The number of rotatable bonds is 13. The number of urea groups is 1. The Morgan fingerprint density at radius 3 is 1.98 bits per heavy atom. The number of carbonyl (C=O) groups is 6. The number of Topliss-reactive ketones (excluding diaryl/α,β-unsaturated/α-hetero) is 2. The summed E-state index contributed by atoms with van der Waals surface area (Å²) in [6.45, 7) is 15.4. The van der Waals surface area contributed by atoms with E-state index >= 15 is 0 Å². The molecule has 1 aliphatic heterocycles. The number of hydrogen-bond acceptors (Lipinski definition) is 6. The molecule has 5 atom stereocenters. The van der Waals surface area contributed by atoms with E-state index in [-0.39, 0.29) is 29.5 Å². The van der Waals surface area contributed by atoms with Gasteiger partial charge in [-0.2, -0.15) is 0 Å². The van der Waals surface area contributed by atoms with Crippen LogP contribution in [0.2, 0.25) is 0 Å². The van der Waals surface area contributed by atoms with E-state index in [1.54, 1.807) is 0 Å². The molecule has 5 N–H and O–H groups in total. The lowest BCUT2D eigenvalue weighted by Gasteiger charge is -2.37. The molecule has 0 bridgehead atoms. The fourth-order valence-electron chi connectivity index (χ4n) is 6.29. The molecule has 2 saturated carbocycles. The molecule has 11 nitrogen and oxygen atoms in total. The lowest BCUT2D eigenvalue weighted by Crippen LogP contribution is -2.62. The molecular formula is C32H53N5O6. The van der Waals surface area contributed by atoms with Crippen LogP contribution in [0, 0.1) is 34.5 Å². The van der Waals surface area contributed by atoms with Crippen molar-refractivity contribution in [3.8, 4) is 0 Å². The molecule has 242 valence electrons. The van der Waals surface area contributed by atoms with E-state index < -0.39 is 64.5 Å². The van der Waals surface area contributed by atoms with Gasteiger partial charge in [-0.15, -0.1) is 0 Å². The highest BCUT2D eigenvalue weighted by molar-refractivity contribution is 6.37. The van der Waals surface area contributed by atoms with Crippen molar-refractivity contribution >= 4 is 35.3 Å². The van der Waals surface area contributed by atoms with Crippen molar-refractivity contribution in [2.45, 2.75) is 125 Å². The van der Waals surface area contributed by atoms with Gasteiger partial charge in [0.25, 0.3) is 5.91 Å². The average molecular weight is 604 g/mol. The van der Waals surface area contributed by atoms with Gasteiger partial charge in [0.1, 0.15) is 12.1 Å². The van der Waals surface area contributed by atoms with E-state index in [1.165, 1.54) is 4.90 Å². The molecule has 2 aliphatic carbocycles. The van der Waals surface area contributed by atoms with Crippen LogP contribution in [0.15, 0.2) is 0 Å². The SMILES string of the molecule is CC(C)[C@H](NC(=O)N[C@H](C(=O)N1CC[C@H](C(C)C)[C@H]1C(=O)NC(CC1CCC1)C(=O)C(N)=O)C(C)(C)C)C(=O)C1(C)CC1. The van der Waals surface area contributed by atoms with Crippen LogP contribution in [-0.4, -0.2) is 70.9 Å². The summed E-state index contributed by atoms with van der Waals surface area (Å²) in [6.07, 6.45) is 5.38. The van der Waals surface area contributed by atoms with Gasteiger partial charge in [-0.25, -0.2) is 4.79 Å². The third kappa shape index (κ3) is 8.15. The van der Waals surface area contributed by atoms with Crippen molar-refractivity contribution < 1.29 is 28.8 Å². The first-order valence-electron chi connectivity index (χ1n) is 15.9. The molecule has 1 unspecified atom stereocenters. The van der Waals surface area contributed by atoms with Gasteiger partial charge in [0.15, 0.2) is 5.78 Å². The number of amides is 5. The summed E-state index contributed by atoms with van der Waals surface area (Å²) < 4.78 is 0. The summed E-state index contributed by atoms with van der Waals surface area (Å²) in [5.41, 5.74) is 4.17. The summed E-state index contributed by atoms with van der Waals surface area (Å²) in [7, 11) is 0. The van der Waals surface area contributed by atoms with Crippen molar-refractivity contribution in [3.05, 3.63) is 0 Å². The van der Waals surface area contributed by atoms with E-state index in [4.69, 9.17) is 5.73 Å². The molecule has 1 saturated heterocycles. The fraction of sp³-hybridized carbons (Fsp3) is 0.812. The van der Waals surface area contributed by atoms with Gasteiger partial charge in [0.05, 0.1) is 12.1 Å². The number of ketones is 2. The number of nitrogens with one attached hydrogen (secondary N) is 3. The minimum Gasteiger partial charge on any atom is -0.363 e. The van der Waals surface area contributed by atoms with Gasteiger partial charge in [-0.1, -0.05) is 74.7 Å². The highest BCUT2D eigenvalue weighted by Gasteiger charge is 2.50. The zero-order valence-corrected chi connectivity index (χ0v) is 27.2. The Kier molecular flexibility index (Phi) is 10.7. The maximum Gasteiger partial charge on any atom is 0.316 e. The molecule has 1 heterocycles. The van der Waals surface area contributed by atoms with Crippen LogP contribution in [0.25, 0.3) is 0 Å². The van der Waals surface area contributed by atoms with Crippen LogP contribution in [0.5, 0.6) is 0 Å². The van der Waals surface area contributed by atoms with Crippen LogP contribution in [-0.2, 0) is 24.0 Å². The van der Waals surface area contributed by atoms with Crippen molar-refractivity contribution in [1.29, 1.82) is 0 Å². The number of hydrogen-bond donors (Lipinski definition) is 4. The second-order valence-electron chi connectivity index (χ2n) is 15.1. The number of nitrogens with zero attached hydrogens (tertiary/aromatic N) is 1. The zero-order valence-electron chi connectivity index (χ0n) is 27.2. The average Bonchev–Trinajstić information content (AvgIpc) is 3.47. The summed E-state index contributed by atoms with van der Waals surface area (Å²) in [4.78, 5) is 80.4. The predicted molar refractivity (Wildman–Crippen MR) is 162 cm³/mol. The third-order valence-electron chi connectivity index (χ3n) is 9.74. The van der Waals surface area contributed by atoms with Gasteiger partial charge in [0.2, 0.25) is 17.6 Å². The highest BCUT2D eigenvalue weighted by atomic mass is 16.2. The number of primary amides is 1. The molecule has 0 aromatic carbocycles. The molecule has 3 fully saturated rings. The third-order valence-corrected chi connectivity index (χ3v) is 9.74. The minimum absolute atomic E-state index is 0.00528. The Morgan fingerprint density at radius 1 is 0.930 bits per heavy atom. The van der Waals surface area contributed by atoms with Crippen LogP contribution in [0.4, 0.5) is 4.79 Å². The highest BCUT2D eigenvalue weighted by Crippen LogP contribution is 2.47. The molecular weight excluding hydrogens is 550 g/mol. The van der Waals surface area contributed by atoms with E-state index in [1.807, 2.05) is 55.4 Å². The van der Waals surface area contributed by atoms with E-state index in [0.717, 1.165) is 32.1 Å². The van der Waals surface area contributed by atoms with Crippen LogP contribution < -0.4 is 21.7 Å². The number of carbonyl (C=O) groups excluding carboxylic acids is 6. The maximum atomic E-state index is 14.2. The van der Waals surface area contributed by atoms with E-state index in [9.17, 15) is 28.8 Å². The molecule has 5 amide bonds. The standard InChI is InChI=1S/C32H53N5O6/c1-17(2)20-12-15-37(23(20)28(41)34-21(24(38)27(33)40)16-19-10-9-11-19)29(42)25(31(5,6)7)36-30(43)35-22(18(3)4)26(39)32(8)13-14-32/h17-23,25H,9-16H2,1-8H3,(H2,33,40)(H,34,41)(H2,35,36,43)/t20-,21?,22+,23+,25-/m1/s1. The van der Waals surface area contributed by atoms with E-state index in [2.05, 4.69) is 16.0 Å². The van der Waals surface area contributed by atoms with Crippen molar-refractivity contribution in [2.24, 2.45) is 40.2 Å². The number of likely N-dealkylation sites (tertiary alicyclic amines) is 1. The van der Waals surface area contributed by atoms with Gasteiger partial charge < -0.3 is 26.6 Å². The topological polar surface area (TPSA) is 168 Å². The second-order valence-corrected chi connectivity index (χ2v) is 15.1.